The van der Waals surface area contributed by atoms with Gasteiger partial charge in [0.15, 0.2) is 11.6 Å². The van der Waals surface area contributed by atoms with Crippen molar-refractivity contribution < 1.29 is 17.6 Å². The highest BCUT2D eigenvalue weighted by molar-refractivity contribution is 5.78. The fourth-order valence-electron chi connectivity index (χ4n) is 3.05. The van der Waals surface area contributed by atoms with E-state index < -0.39 is 18.4 Å². The second kappa shape index (κ2) is 10.8. The van der Waals surface area contributed by atoms with Gasteiger partial charge >= 0.3 is 6.18 Å². The molecule has 0 atom stereocenters. The van der Waals surface area contributed by atoms with Gasteiger partial charge in [-0.15, -0.1) is 5.10 Å². The third-order valence-electron chi connectivity index (χ3n) is 4.71. The predicted octanol–water partition coefficient (Wildman–Crippen LogP) is 6.37. The maximum atomic E-state index is 14.0. The number of nitrogens with zero attached hydrogens (tertiary/aromatic N) is 5. The lowest BCUT2D eigenvalue weighted by atomic mass is 10.2. The van der Waals surface area contributed by atoms with Gasteiger partial charge in [-0.2, -0.15) is 13.2 Å². The van der Waals surface area contributed by atoms with Crippen LogP contribution in [0, 0.1) is 5.82 Å². The number of pyridine rings is 2. The Bertz CT molecular complexity index is 1170. The van der Waals surface area contributed by atoms with Gasteiger partial charge in [0.05, 0.1) is 11.9 Å². The highest BCUT2D eigenvalue weighted by atomic mass is 19.4. The van der Waals surface area contributed by atoms with E-state index in [0.29, 0.717) is 29.4 Å². The summed E-state index contributed by atoms with van der Waals surface area (Å²) in [5, 5.41) is 7.61. The first-order chi connectivity index (χ1) is 15.8. The minimum absolute atomic E-state index is 0.253. The number of hydrogen-bond acceptors (Lipinski definition) is 5. The van der Waals surface area contributed by atoms with Crippen LogP contribution in [0.5, 0.6) is 0 Å². The van der Waals surface area contributed by atoms with E-state index in [-0.39, 0.29) is 6.42 Å². The molecule has 4 aromatic rings. The zero-order valence-electron chi connectivity index (χ0n) is 18.3. The molecule has 0 aromatic carbocycles. The highest BCUT2D eigenvalue weighted by Gasteiger charge is 2.25. The van der Waals surface area contributed by atoms with Gasteiger partial charge in [-0.3, -0.25) is 9.97 Å². The number of rotatable bonds is 6. The number of aryl methyl sites for hydroxylation is 1. The van der Waals surface area contributed by atoms with Crippen molar-refractivity contribution in [1.29, 1.82) is 0 Å². The summed E-state index contributed by atoms with van der Waals surface area (Å²) in [7, 11) is 0. The van der Waals surface area contributed by atoms with E-state index in [1.54, 1.807) is 23.7 Å². The second-order valence-electron chi connectivity index (χ2n) is 7.19. The minimum atomic E-state index is -3.95. The Morgan fingerprint density at radius 1 is 1.06 bits per heavy atom. The largest absolute Gasteiger partial charge is 0.389 e. The number of nitrogens with one attached hydrogen (secondary N) is 1. The number of unbranched alkanes of at least 4 members (excludes halogenated alkanes) is 1. The van der Waals surface area contributed by atoms with Crippen molar-refractivity contribution >= 4 is 17.0 Å². The minimum Gasteiger partial charge on any atom is -0.336 e. The molecule has 33 heavy (non-hydrogen) atoms. The average Bonchev–Trinajstić information content (AvgIpc) is 3.23. The van der Waals surface area contributed by atoms with Crippen molar-refractivity contribution in [2.24, 2.45) is 0 Å². The third-order valence-corrected chi connectivity index (χ3v) is 4.71. The van der Waals surface area contributed by atoms with E-state index in [1.807, 2.05) is 30.5 Å². The van der Waals surface area contributed by atoms with Crippen LogP contribution in [0.2, 0.25) is 0 Å². The van der Waals surface area contributed by atoms with Crippen LogP contribution >= 0.6 is 0 Å². The highest BCUT2D eigenvalue weighted by Crippen LogP contribution is 2.27. The van der Waals surface area contributed by atoms with Crippen molar-refractivity contribution in [3.8, 4) is 11.5 Å². The summed E-state index contributed by atoms with van der Waals surface area (Å²) in [6.45, 7) is 3.80. The molecule has 0 spiro atoms. The predicted molar refractivity (Wildman–Crippen MR) is 119 cm³/mol. The van der Waals surface area contributed by atoms with Gasteiger partial charge in [0.1, 0.15) is 11.2 Å². The summed E-state index contributed by atoms with van der Waals surface area (Å²) in [5.41, 5.74) is 2.85. The SMILES string of the molecule is CCCCC(F)(F)F.CCc1ccn2nc(-c3ccccn3)nc(Nc3ccncc3F)c12. The lowest BCUT2D eigenvalue weighted by molar-refractivity contribution is -0.135. The fraction of sp³-hybridized carbons (Fsp3) is 0.304. The third kappa shape index (κ3) is 6.47. The van der Waals surface area contributed by atoms with Crippen LogP contribution in [-0.2, 0) is 6.42 Å². The first kappa shape index (κ1) is 24.1. The molecule has 4 heterocycles. The molecule has 6 nitrogen and oxygen atoms in total. The zero-order valence-corrected chi connectivity index (χ0v) is 18.3. The molecule has 0 aliphatic rings. The number of aromatic nitrogens is 5. The summed E-state index contributed by atoms with van der Waals surface area (Å²) in [6.07, 6.45) is 3.35. The van der Waals surface area contributed by atoms with E-state index in [0.717, 1.165) is 17.5 Å². The van der Waals surface area contributed by atoms with Gasteiger partial charge in [0, 0.05) is 25.0 Å². The Kier molecular flexibility index (Phi) is 7.92. The molecular weight excluding hydrogens is 436 g/mol. The molecule has 174 valence electrons. The summed E-state index contributed by atoms with van der Waals surface area (Å²) in [5.74, 6) is 0.550. The van der Waals surface area contributed by atoms with Crippen LogP contribution in [0.1, 0.15) is 38.7 Å². The van der Waals surface area contributed by atoms with E-state index in [4.69, 9.17) is 0 Å². The molecule has 4 rings (SSSR count). The Balaban J connectivity index is 0.000000331. The van der Waals surface area contributed by atoms with Crippen molar-refractivity contribution in [2.75, 3.05) is 5.32 Å². The molecule has 0 saturated heterocycles. The number of alkyl halides is 3. The fourth-order valence-corrected chi connectivity index (χ4v) is 3.05. The van der Waals surface area contributed by atoms with Crippen molar-refractivity contribution in [2.45, 2.75) is 45.7 Å². The molecule has 0 bridgehead atoms. The standard InChI is InChI=1S/C18H15FN6.C5H9F3/c1-2-12-7-10-25-16(12)18(22-14-6-9-20-11-13(14)19)23-17(24-25)15-5-3-4-8-21-15;1-2-3-4-5(6,7)8/h3-11H,2H2,1H3,(H,20,22,23,24);2-4H2,1H3. The molecule has 0 fully saturated rings. The second-order valence-corrected chi connectivity index (χ2v) is 7.19. The zero-order chi connectivity index (χ0) is 23.8. The first-order valence-electron chi connectivity index (χ1n) is 10.5. The Morgan fingerprint density at radius 2 is 1.88 bits per heavy atom. The Hall–Kier alpha value is -3.56. The van der Waals surface area contributed by atoms with E-state index in [9.17, 15) is 17.6 Å². The van der Waals surface area contributed by atoms with Gasteiger partial charge in [-0.05, 0) is 42.7 Å². The van der Waals surface area contributed by atoms with Crippen LogP contribution in [0.25, 0.3) is 17.0 Å². The molecule has 0 radical (unpaired) electrons. The normalized spacial score (nSPS) is 11.2. The first-order valence-corrected chi connectivity index (χ1v) is 10.5. The lowest BCUT2D eigenvalue weighted by Crippen LogP contribution is -2.05. The summed E-state index contributed by atoms with van der Waals surface area (Å²) >= 11 is 0. The van der Waals surface area contributed by atoms with Crippen molar-refractivity contribution in [1.82, 2.24) is 24.6 Å². The molecular formula is C23H24F4N6. The number of fused-ring (bicyclic) bond motifs is 1. The summed E-state index contributed by atoms with van der Waals surface area (Å²) in [6, 6.07) is 9.10. The topological polar surface area (TPSA) is 68.0 Å². The maximum absolute atomic E-state index is 14.0. The van der Waals surface area contributed by atoms with Crippen LogP contribution in [0.3, 0.4) is 0 Å². The molecule has 0 amide bonds. The summed E-state index contributed by atoms with van der Waals surface area (Å²) in [4.78, 5) is 12.7. The van der Waals surface area contributed by atoms with E-state index in [2.05, 4.69) is 32.3 Å². The van der Waals surface area contributed by atoms with Crippen LogP contribution in [-0.4, -0.2) is 30.7 Å². The monoisotopic (exact) mass is 460 g/mol. The van der Waals surface area contributed by atoms with Gasteiger partial charge in [0.2, 0.25) is 5.82 Å². The van der Waals surface area contributed by atoms with Gasteiger partial charge in [-0.25, -0.2) is 13.9 Å². The van der Waals surface area contributed by atoms with Gasteiger partial charge in [-0.1, -0.05) is 26.3 Å². The number of halogens is 4. The quantitative estimate of drug-likeness (QED) is 0.339. The van der Waals surface area contributed by atoms with Gasteiger partial charge < -0.3 is 5.32 Å². The molecule has 0 aliphatic heterocycles. The van der Waals surface area contributed by atoms with E-state index >= 15 is 0 Å². The Morgan fingerprint density at radius 3 is 2.48 bits per heavy atom. The van der Waals surface area contributed by atoms with E-state index in [1.165, 1.54) is 12.4 Å². The molecule has 0 aliphatic carbocycles. The smallest absolute Gasteiger partial charge is 0.336 e. The number of hydrogen-bond donors (Lipinski definition) is 1. The van der Waals surface area contributed by atoms with Gasteiger partial charge in [0.25, 0.3) is 0 Å². The molecule has 10 heteroatoms. The molecule has 4 aromatic heterocycles. The van der Waals surface area contributed by atoms with Crippen LogP contribution < -0.4 is 5.32 Å². The number of anilines is 2. The van der Waals surface area contributed by atoms with Crippen molar-refractivity contribution in [3.05, 3.63) is 66.5 Å². The molecule has 0 saturated carbocycles. The molecule has 0 unspecified atom stereocenters. The summed E-state index contributed by atoms with van der Waals surface area (Å²) < 4.78 is 49.5. The average molecular weight is 460 g/mol. The maximum Gasteiger partial charge on any atom is 0.389 e. The van der Waals surface area contributed by atoms with Crippen molar-refractivity contribution in [3.63, 3.8) is 0 Å². The Labute approximate surface area is 188 Å². The molecule has 1 N–H and O–H groups in total. The lowest BCUT2D eigenvalue weighted by Gasteiger charge is -2.11. The van der Waals surface area contributed by atoms with Crippen LogP contribution in [0.15, 0.2) is 55.1 Å². The van der Waals surface area contributed by atoms with Crippen LogP contribution in [0.4, 0.5) is 29.1 Å².